The van der Waals surface area contributed by atoms with Crippen LogP contribution >= 0.6 is 0 Å². The van der Waals surface area contributed by atoms with E-state index in [0.29, 0.717) is 29.2 Å². The van der Waals surface area contributed by atoms with E-state index in [1.54, 1.807) is 24.3 Å². The molecule has 1 aromatic heterocycles. The standard InChI is InChI=1S/C27H27NO5/c1-3-4-14-32-21-8-5-7-20(16-21)24-23(25(29)19-12-10-18(2)11-13-19)26(30)27(31)28(24)17-22-9-6-15-33-22/h5-13,15-16,24,29H,3-4,14,17H2,1-2H3. The van der Waals surface area contributed by atoms with Gasteiger partial charge in [-0.15, -0.1) is 0 Å². The van der Waals surface area contributed by atoms with Crippen LogP contribution in [-0.2, 0) is 16.1 Å². The predicted molar refractivity (Wildman–Crippen MR) is 125 cm³/mol. The lowest BCUT2D eigenvalue weighted by molar-refractivity contribution is -0.140. The van der Waals surface area contributed by atoms with Crippen LogP contribution in [0.1, 0.15) is 48.3 Å². The first-order valence-electron chi connectivity index (χ1n) is 11.1. The van der Waals surface area contributed by atoms with Crippen LogP contribution in [0.25, 0.3) is 5.76 Å². The molecule has 0 spiro atoms. The number of hydrogen-bond acceptors (Lipinski definition) is 5. The molecule has 33 heavy (non-hydrogen) atoms. The molecule has 1 fully saturated rings. The van der Waals surface area contributed by atoms with Crippen molar-refractivity contribution >= 4 is 17.4 Å². The number of hydrogen-bond donors (Lipinski definition) is 1. The average Bonchev–Trinajstić information content (AvgIpc) is 3.42. The zero-order valence-electron chi connectivity index (χ0n) is 18.8. The Morgan fingerprint density at radius 1 is 1.09 bits per heavy atom. The second-order valence-corrected chi connectivity index (χ2v) is 8.15. The molecule has 0 aliphatic carbocycles. The summed E-state index contributed by atoms with van der Waals surface area (Å²) in [5.74, 6) is -0.394. The first-order valence-corrected chi connectivity index (χ1v) is 11.1. The number of unbranched alkanes of at least 4 members (excludes halogenated alkanes) is 1. The minimum absolute atomic E-state index is 0.0566. The molecule has 2 aromatic carbocycles. The molecular weight excluding hydrogens is 418 g/mol. The zero-order chi connectivity index (χ0) is 23.4. The second kappa shape index (κ2) is 9.77. The number of aryl methyl sites for hydroxylation is 1. The van der Waals surface area contributed by atoms with Gasteiger partial charge in [-0.25, -0.2) is 0 Å². The summed E-state index contributed by atoms with van der Waals surface area (Å²) in [5, 5.41) is 11.1. The van der Waals surface area contributed by atoms with E-state index in [-0.39, 0.29) is 17.9 Å². The molecule has 6 nitrogen and oxygen atoms in total. The third kappa shape index (κ3) is 4.70. The molecule has 0 radical (unpaired) electrons. The van der Waals surface area contributed by atoms with Crippen LogP contribution in [0.15, 0.2) is 76.9 Å². The van der Waals surface area contributed by atoms with Gasteiger partial charge >= 0.3 is 0 Å². The third-order valence-electron chi connectivity index (χ3n) is 5.71. The van der Waals surface area contributed by atoms with Crippen molar-refractivity contribution < 1.29 is 23.8 Å². The van der Waals surface area contributed by atoms with E-state index in [4.69, 9.17) is 9.15 Å². The van der Waals surface area contributed by atoms with E-state index >= 15 is 0 Å². The predicted octanol–water partition coefficient (Wildman–Crippen LogP) is 5.39. The second-order valence-electron chi connectivity index (χ2n) is 8.15. The van der Waals surface area contributed by atoms with Crippen molar-refractivity contribution in [2.24, 2.45) is 0 Å². The zero-order valence-corrected chi connectivity index (χ0v) is 18.8. The lowest BCUT2D eigenvalue weighted by atomic mass is 9.95. The molecule has 0 bridgehead atoms. The highest BCUT2D eigenvalue weighted by atomic mass is 16.5. The number of rotatable bonds is 8. The number of benzene rings is 2. The topological polar surface area (TPSA) is 80.0 Å². The van der Waals surface area contributed by atoms with Gasteiger partial charge in [-0.2, -0.15) is 0 Å². The quantitative estimate of drug-likeness (QED) is 0.218. The van der Waals surface area contributed by atoms with Crippen molar-refractivity contribution in [2.75, 3.05) is 6.61 Å². The highest BCUT2D eigenvalue weighted by Crippen LogP contribution is 2.41. The summed E-state index contributed by atoms with van der Waals surface area (Å²) in [7, 11) is 0. The van der Waals surface area contributed by atoms with Crippen LogP contribution in [0.2, 0.25) is 0 Å². The molecule has 1 unspecified atom stereocenters. The van der Waals surface area contributed by atoms with Crippen molar-refractivity contribution in [1.29, 1.82) is 0 Å². The van der Waals surface area contributed by atoms with Crippen molar-refractivity contribution in [1.82, 2.24) is 4.90 Å². The Morgan fingerprint density at radius 2 is 1.88 bits per heavy atom. The van der Waals surface area contributed by atoms with Gasteiger partial charge in [0.1, 0.15) is 17.3 Å². The maximum absolute atomic E-state index is 13.1. The molecule has 1 N–H and O–H groups in total. The third-order valence-corrected chi connectivity index (χ3v) is 5.71. The Labute approximate surface area is 193 Å². The maximum atomic E-state index is 13.1. The molecular formula is C27H27NO5. The number of ketones is 1. The monoisotopic (exact) mass is 445 g/mol. The molecule has 3 aromatic rings. The Morgan fingerprint density at radius 3 is 2.58 bits per heavy atom. The smallest absolute Gasteiger partial charge is 0.296 e. The van der Waals surface area contributed by atoms with Crippen molar-refractivity contribution in [3.8, 4) is 5.75 Å². The summed E-state index contributed by atoms with van der Waals surface area (Å²) >= 11 is 0. The molecule has 1 saturated heterocycles. The van der Waals surface area contributed by atoms with E-state index in [1.807, 2.05) is 43.3 Å². The van der Waals surface area contributed by atoms with Gasteiger partial charge in [-0.1, -0.05) is 55.3 Å². The van der Waals surface area contributed by atoms with Gasteiger partial charge in [0.05, 0.1) is 31.0 Å². The van der Waals surface area contributed by atoms with E-state index in [2.05, 4.69) is 6.92 Å². The lowest BCUT2D eigenvalue weighted by Gasteiger charge is -2.25. The van der Waals surface area contributed by atoms with Crippen molar-refractivity contribution in [3.63, 3.8) is 0 Å². The number of Topliss-reactive ketones (excluding diaryl/α,β-unsaturated/α-hetero) is 1. The van der Waals surface area contributed by atoms with Gasteiger partial charge < -0.3 is 19.2 Å². The van der Waals surface area contributed by atoms with Crippen LogP contribution in [0, 0.1) is 6.92 Å². The van der Waals surface area contributed by atoms with Crippen LogP contribution < -0.4 is 4.74 Å². The molecule has 1 amide bonds. The normalized spacial score (nSPS) is 17.5. The highest BCUT2D eigenvalue weighted by Gasteiger charge is 2.46. The first-order chi connectivity index (χ1) is 16.0. The van der Waals surface area contributed by atoms with Crippen molar-refractivity contribution in [2.45, 2.75) is 39.3 Å². The van der Waals surface area contributed by atoms with Gasteiger partial charge in [0.15, 0.2) is 0 Å². The van der Waals surface area contributed by atoms with Gasteiger partial charge in [0.2, 0.25) is 0 Å². The summed E-state index contributed by atoms with van der Waals surface area (Å²) in [6.07, 6.45) is 3.46. The lowest BCUT2D eigenvalue weighted by Crippen LogP contribution is -2.29. The number of likely N-dealkylation sites (tertiary alicyclic amines) is 1. The molecule has 1 atom stereocenters. The van der Waals surface area contributed by atoms with Crippen LogP contribution in [0.4, 0.5) is 0 Å². The maximum Gasteiger partial charge on any atom is 0.296 e. The first kappa shape index (κ1) is 22.4. The Balaban J connectivity index is 1.80. The summed E-state index contributed by atoms with van der Waals surface area (Å²) < 4.78 is 11.3. The minimum atomic E-state index is -0.772. The molecule has 0 saturated carbocycles. The number of nitrogens with zero attached hydrogens (tertiary/aromatic N) is 1. The van der Waals surface area contributed by atoms with Gasteiger partial charge in [0.25, 0.3) is 11.7 Å². The minimum Gasteiger partial charge on any atom is -0.507 e. The molecule has 1 aliphatic rings. The Bertz CT molecular complexity index is 1160. The molecule has 170 valence electrons. The molecule has 1 aliphatic heterocycles. The van der Waals surface area contributed by atoms with Crippen LogP contribution in [0.3, 0.4) is 0 Å². The number of furan rings is 1. The Kier molecular flexibility index (Phi) is 6.63. The molecule has 6 heteroatoms. The summed E-state index contributed by atoms with van der Waals surface area (Å²) in [6.45, 7) is 4.72. The van der Waals surface area contributed by atoms with Gasteiger partial charge in [-0.05, 0) is 43.2 Å². The van der Waals surface area contributed by atoms with Crippen LogP contribution in [0.5, 0.6) is 5.75 Å². The largest absolute Gasteiger partial charge is 0.507 e. The number of carbonyl (C=O) groups is 2. The molecule has 2 heterocycles. The fraction of sp³-hybridized carbons (Fsp3) is 0.259. The van der Waals surface area contributed by atoms with E-state index < -0.39 is 17.7 Å². The highest BCUT2D eigenvalue weighted by molar-refractivity contribution is 6.46. The number of carbonyl (C=O) groups excluding carboxylic acids is 2. The Hall–Kier alpha value is -3.80. The van der Waals surface area contributed by atoms with Crippen molar-refractivity contribution in [3.05, 3.63) is 95.0 Å². The summed E-state index contributed by atoms with van der Waals surface area (Å²) in [6, 6.07) is 17.2. The summed E-state index contributed by atoms with van der Waals surface area (Å²) in [5.41, 5.74) is 2.25. The van der Waals surface area contributed by atoms with E-state index in [0.717, 1.165) is 18.4 Å². The van der Waals surface area contributed by atoms with Crippen LogP contribution in [-0.4, -0.2) is 28.3 Å². The van der Waals surface area contributed by atoms with E-state index in [1.165, 1.54) is 11.2 Å². The molecule has 4 rings (SSSR count). The fourth-order valence-corrected chi connectivity index (χ4v) is 3.94. The number of aliphatic hydroxyl groups excluding tert-OH is 1. The number of ether oxygens (including phenoxy) is 1. The number of amides is 1. The van der Waals surface area contributed by atoms with Gasteiger partial charge in [-0.3, -0.25) is 9.59 Å². The summed E-state index contributed by atoms with van der Waals surface area (Å²) in [4.78, 5) is 27.6. The van der Waals surface area contributed by atoms with E-state index in [9.17, 15) is 14.7 Å². The van der Waals surface area contributed by atoms with Gasteiger partial charge in [0, 0.05) is 5.56 Å². The fourth-order valence-electron chi connectivity index (χ4n) is 3.94. The SMILES string of the molecule is CCCCOc1cccc(C2C(=C(O)c3ccc(C)cc3)C(=O)C(=O)N2Cc2ccco2)c1. The number of aliphatic hydroxyl groups is 1. The average molecular weight is 446 g/mol.